The van der Waals surface area contributed by atoms with Crippen LogP contribution in [0.4, 0.5) is 4.79 Å². The Morgan fingerprint density at radius 2 is 1.63 bits per heavy atom. The number of Topliss-reactive ketones (excluding diaryl/α,β-unsaturated/α-hetero) is 1. The predicted molar refractivity (Wildman–Crippen MR) is 104 cm³/mol. The van der Waals surface area contributed by atoms with E-state index in [-0.39, 0.29) is 17.7 Å². The van der Waals surface area contributed by atoms with Crippen LogP contribution in [0.3, 0.4) is 0 Å². The van der Waals surface area contributed by atoms with Gasteiger partial charge in [0.05, 0.1) is 6.61 Å². The number of hydrogen-bond acceptors (Lipinski definition) is 3. The fourth-order valence-corrected chi connectivity index (χ4v) is 3.49. The van der Waals surface area contributed by atoms with Gasteiger partial charge in [0.1, 0.15) is 0 Å². The summed E-state index contributed by atoms with van der Waals surface area (Å²) in [5.41, 5.74) is 2.89. The molecule has 3 rings (SSSR count). The summed E-state index contributed by atoms with van der Waals surface area (Å²) in [6.45, 7) is 2.21. The van der Waals surface area contributed by atoms with Gasteiger partial charge < -0.3 is 15.0 Å². The quantitative estimate of drug-likeness (QED) is 0.794. The first-order valence-electron chi connectivity index (χ1n) is 9.37. The van der Waals surface area contributed by atoms with Crippen molar-refractivity contribution in [2.75, 3.05) is 20.2 Å². The van der Waals surface area contributed by atoms with Crippen molar-refractivity contribution in [3.05, 3.63) is 71.3 Å². The number of rotatable bonds is 6. The monoisotopic (exact) mass is 366 g/mol. The highest BCUT2D eigenvalue weighted by molar-refractivity contribution is 5.97. The number of ketones is 1. The molecule has 0 aromatic heterocycles. The van der Waals surface area contributed by atoms with E-state index in [2.05, 4.69) is 5.32 Å². The molecule has 2 amide bonds. The van der Waals surface area contributed by atoms with Gasteiger partial charge in [0.2, 0.25) is 0 Å². The van der Waals surface area contributed by atoms with E-state index >= 15 is 0 Å². The van der Waals surface area contributed by atoms with Gasteiger partial charge in [-0.3, -0.25) is 4.79 Å². The minimum atomic E-state index is -0.0761. The maximum absolute atomic E-state index is 12.6. The molecule has 5 nitrogen and oxygen atoms in total. The highest BCUT2D eigenvalue weighted by atomic mass is 16.5. The van der Waals surface area contributed by atoms with E-state index in [1.807, 2.05) is 54.6 Å². The maximum Gasteiger partial charge on any atom is 0.317 e. The molecule has 5 heteroatoms. The topological polar surface area (TPSA) is 58.6 Å². The zero-order valence-electron chi connectivity index (χ0n) is 15.7. The van der Waals surface area contributed by atoms with Crippen molar-refractivity contribution >= 4 is 11.8 Å². The standard InChI is InChI=1S/C22H26N2O3/c1-27-16-20-10-6-5-9-19(20)15-23-22(26)24-13-11-18(12-14-24)21(25)17-7-3-2-4-8-17/h2-10,18H,11-16H2,1H3,(H,23,26). The fraction of sp³-hybridized carbons (Fsp3) is 0.364. The molecule has 0 bridgehead atoms. The number of likely N-dealkylation sites (tertiary alicyclic amines) is 1. The molecular weight excluding hydrogens is 340 g/mol. The number of methoxy groups -OCH3 is 1. The van der Waals surface area contributed by atoms with Crippen molar-refractivity contribution in [2.45, 2.75) is 26.0 Å². The van der Waals surface area contributed by atoms with E-state index < -0.39 is 0 Å². The molecule has 0 saturated carbocycles. The molecule has 0 spiro atoms. The molecular formula is C22H26N2O3. The molecule has 1 heterocycles. The van der Waals surface area contributed by atoms with Crippen LogP contribution in [0.5, 0.6) is 0 Å². The number of nitrogens with one attached hydrogen (secondary N) is 1. The first-order valence-corrected chi connectivity index (χ1v) is 9.37. The first-order chi connectivity index (χ1) is 13.2. The lowest BCUT2D eigenvalue weighted by molar-refractivity contribution is 0.0854. The Balaban J connectivity index is 1.50. The van der Waals surface area contributed by atoms with E-state index in [0.29, 0.717) is 39.1 Å². The average molecular weight is 366 g/mol. The maximum atomic E-state index is 12.6. The lowest BCUT2D eigenvalue weighted by Crippen LogP contribution is -2.45. The third kappa shape index (κ3) is 4.95. The second kappa shape index (κ2) is 9.33. The molecule has 27 heavy (non-hydrogen) atoms. The predicted octanol–water partition coefficient (Wildman–Crippen LogP) is 3.64. The van der Waals surface area contributed by atoms with Crippen LogP contribution in [0.25, 0.3) is 0 Å². The van der Waals surface area contributed by atoms with Gasteiger partial charge >= 0.3 is 6.03 Å². The molecule has 0 atom stereocenters. The van der Waals surface area contributed by atoms with Crippen LogP contribution in [0, 0.1) is 5.92 Å². The summed E-state index contributed by atoms with van der Waals surface area (Å²) in [5.74, 6) is 0.183. The molecule has 1 fully saturated rings. The average Bonchev–Trinajstić information content (AvgIpc) is 2.73. The van der Waals surface area contributed by atoms with Gasteiger partial charge in [-0.25, -0.2) is 4.79 Å². The number of urea groups is 1. The number of ether oxygens (including phenoxy) is 1. The van der Waals surface area contributed by atoms with Gasteiger partial charge in [-0.15, -0.1) is 0 Å². The highest BCUT2D eigenvalue weighted by Crippen LogP contribution is 2.22. The van der Waals surface area contributed by atoms with Crippen molar-refractivity contribution in [1.29, 1.82) is 0 Å². The molecule has 0 unspecified atom stereocenters. The minimum absolute atomic E-state index is 0.00104. The van der Waals surface area contributed by atoms with Gasteiger partial charge in [0.25, 0.3) is 0 Å². The lowest BCUT2D eigenvalue weighted by Gasteiger charge is -2.31. The van der Waals surface area contributed by atoms with Gasteiger partial charge in [0, 0.05) is 38.2 Å². The van der Waals surface area contributed by atoms with Crippen LogP contribution in [0.2, 0.25) is 0 Å². The van der Waals surface area contributed by atoms with Gasteiger partial charge in [-0.05, 0) is 24.0 Å². The van der Waals surface area contributed by atoms with Crippen molar-refractivity contribution < 1.29 is 14.3 Å². The Hall–Kier alpha value is -2.66. The van der Waals surface area contributed by atoms with Crippen LogP contribution in [-0.4, -0.2) is 36.9 Å². The van der Waals surface area contributed by atoms with Crippen LogP contribution < -0.4 is 5.32 Å². The zero-order valence-corrected chi connectivity index (χ0v) is 15.7. The van der Waals surface area contributed by atoms with Crippen LogP contribution in [-0.2, 0) is 17.9 Å². The molecule has 2 aromatic rings. The molecule has 1 N–H and O–H groups in total. The molecule has 1 aliphatic rings. The molecule has 0 aliphatic carbocycles. The Labute approximate surface area is 160 Å². The Bertz CT molecular complexity index is 768. The SMILES string of the molecule is COCc1ccccc1CNC(=O)N1CCC(C(=O)c2ccccc2)CC1. The third-order valence-corrected chi connectivity index (χ3v) is 5.06. The van der Waals surface area contributed by atoms with E-state index in [1.165, 1.54) is 0 Å². The Kier molecular flexibility index (Phi) is 6.60. The Morgan fingerprint density at radius 3 is 2.30 bits per heavy atom. The summed E-state index contributed by atoms with van der Waals surface area (Å²) in [6.07, 6.45) is 1.42. The highest BCUT2D eigenvalue weighted by Gasteiger charge is 2.27. The van der Waals surface area contributed by atoms with Crippen molar-refractivity contribution in [3.63, 3.8) is 0 Å². The summed E-state index contributed by atoms with van der Waals surface area (Å²) in [5, 5.41) is 2.99. The second-order valence-corrected chi connectivity index (χ2v) is 6.85. The first kappa shape index (κ1) is 19.1. The summed E-state index contributed by atoms with van der Waals surface area (Å²) >= 11 is 0. The molecule has 0 radical (unpaired) electrons. The van der Waals surface area contributed by atoms with Gasteiger partial charge in [-0.1, -0.05) is 54.6 Å². The number of piperidine rings is 1. The number of amides is 2. The second-order valence-electron chi connectivity index (χ2n) is 6.85. The zero-order chi connectivity index (χ0) is 19.1. The molecule has 142 valence electrons. The molecule has 1 aliphatic heterocycles. The normalized spacial score (nSPS) is 14.8. The fourth-order valence-electron chi connectivity index (χ4n) is 3.49. The summed E-state index contributed by atoms with van der Waals surface area (Å²) < 4.78 is 5.21. The molecule has 1 saturated heterocycles. The Morgan fingerprint density at radius 1 is 1.00 bits per heavy atom. The van der Waals surface area contributed by atoms with E-state index in [4.69, 9.17) is 4.74 Å². The van der Waals surface area contributed by atoms with Crippen molar-refractivity contribution in [2.24, 2.45) is 5.92 Å². The summed E-state index contributed by atoms with van der Waals surface area (Å²) in [4.78, 5) is 26.8. The van der Waals surface area contributed by atoms with Crippen LogP contribution in [0.15, 0.2) is 54.6 Å². The summed E-state index contributed by atoms with van der Waals surface area (Å²) in [6, 6.07) is 17.3. The number of nitrogens with zero attached hydrogens (tertiary/aromatic N) is 1. The van der Waals surface area contributed by atoms with E-state index in [9.17, 15) is 9.59 Å². The van der Waals surface area contributed by atoms with E-state index in [0.717, 1.165) is 16.7 Å². The number of carbonyl (C=O) groups excluding carboxylic acids is 2. The summed E-state index contributed by atoms with van der Waals surface area (Å²) in [7, 11) is 1.66. The number of hydrogen-bond donors (Lipinski definition) is 1. The molecule has 2 aromatic carbocycles. The van der Waals surface area contributed by atoms with Crippen molar-refractivity contribution in [3.8, 4) is 0 Å². The van der Waals surface area contributed by atoms with Crippen molar-refractivity contribution in [1.82, 2.24) is 10.2 Å². The minimum Gasteiger partial charge on any atom is -0.380 e. The van der Waals surface area contributed by atoms with E-state index in [1.54, 1.807) is 12.0 Å². The lowest BCUT2D eigenvalue weighted by atomic mass is 9.89. The number of benzene rings is 2. The number of carbonyl (C=O) groups is 2. The van der Waals surface area contributed by atoms with Crippen LogP contribution in [0.1, 0.15) is 34.3 Å². The van der Waals surface area contributed by atoms with Gasteiger partial charge in [0.15, 0.2) is 5.78 Å². The largest absolute Gasteiger partial charge is 0.380 e. The smallest absolute Gasteiger partial charge is 0.317 e. The third-order valence-electron chi connectivity index (χ3n) is 5.06. The van der Waals surface area contributed by atoms with Crippen LogP contribution >= 0.6 is 0 Å². The van der Waals surface area contributed by atoms with Gasteiger partial charge in [-0.2, -0.15) is 0 Å².